The molecule has 0 atom stereocenters. The molecule has 0 radical (unpaired) electrons. The number of hydrogen-bond acceptors (Lipinski definition) is 4. The number of methoxy groups -OCH3 is 1. The molecule has 0 aliphatic heterocycles. The van der Waals surface area contributed by atoms with Crippen molar-refractivity contribution >= 4 is 43.9 Å². The molecule has 0 saturated carbocycles. The number of rotatable bonds is 3. The number of aromatic nitrogens is 1. The van der Waals surface area contributed by atoms with E-state index in [-0.39, 0.29) is 0 Å². The predicted molar refractivity (Wildman–Crippen MR) is 90.1 cm³/mol. The quantitative estimate of drug-likeness (QED) is 0.694. The molecule has 1 aromatic heterocycles. The summed E-state index contributed by atoms with van der Waals surface area (Å²) in [6, 6.07) is 13.5. The monoisotopic (exact) mass is 343 g/mol. The Morgan fingerprint density at radius 3 is 2.86 bits per heavy atom. The lowest BCUT2D eigenvalue weighted by Gasteiger charge is -2.12. The predicted octanol–water partition coefficient (Wildman–Crippen LogP) is 4.33. The number of fused-ring (bicyclic) bond motifs is 1. The Balaban J connectivity index is 2.06. The first kappa shape index (κ1) is 13.7. The van der Waals surface area contributed by atoms with Gasteiger partial charge in [-0.25, -0.2) is 0 Å². The second-order valence-electron chi connectivity index (χ2n) is 4.61. The Morgan fingerprint density at radius 1 is 1.19 bits per heavy atom. The van der Waals surface area contributed by atoms with Gasteiger partial charge in [-0.2, -0.15) is 0 Å². The van der Waals surface area contributed by atoms with Crippen molar-refractivity contribution in [2.75, 3.05) is 18.2 Å². The van der Waals surface area contributed by atoms with Crippen LogP contribution in [0.5, 0.6) is 5.75 Å². The van der Waals surface area contributed by atoms with E-state index < -0.39 is 0 Å². The van der Waals surface area contributed by atoms with Crippen LogP contribution in [0.25, 0.3) is 10.9 Å². The van der Waals surface area contributed by atoms with Crippen LogP contribution in [-0.4, -0.2) is 12.1 Å². The van der Waals surface area contributed by atoms with Crippen molar-refractivity contribution in [3.05, 3.63) is 53.1 Å². The molecule has 3 rings (SSSR count). The van der Waals surface area contributed by atoms with E-state index in [4.69, 9.17) is 10.5 Å². The van der Waals surface area contributed by atoms with Crippen LogP contribution in [0.3, 0.4) is 0 Å². The summed E-state index contributed by atoms with van der Waals surface area (Å²) in [7, 11) is 1.65. The smallest absolute Gasteiger partial charge is 0.122 e. The molecular formula is C16H14BrN3O. The Morgan fingerprint density at radius 2 is 2.05 bits per heavy atom. The molecule has 2 aromatic carbocycles. The van der Waals surface area contributed by atoms with E-state index in [0.717, 1.165) is 32.5 Å². The maximum atomic E-state index is 5.97. The third-order valence-electron chi connectivity index (χ3n) is 3.19. The molecule has 0 aliphatic rings. The van der Waals surface area contributed by atoms with Gasteiger partial charge in [0.15, 0.2) is 0 Å². The van der Waals surface area contributed by atoms with Crippen molar-refractivity contribution in [3.63, 3.8) is 0 Å². The highest BCUT2D eigenvalue weighted by Crippen LogP contribution is 2.31. The normalized spacial score (nSPS) is 10.6. The van der Waals surface area contributed by atoms with Crippen molar-refractivity contribution in [2.24, 2.45) is 0 Å². The molecule has 0 aliphatic carbocycles. The number of anilines is 3. The van der Waals surface area contributed by atoms with Gasteiger partial charge in [-0.05, 0) is 24.3 Å². The molecule has 0 fully saturated rings. The SMILES string of the molecule is COc1cc(Br)cc(Nc2ccnc3c(N)cccc23)c1. The lowest BCUT2D eigenvalue weighted by molar-refractivity contribution is 0.415. The van der Waals surface area contributed by atoms with Crippen LogP contribution in [0, 0.1) is 0 Å². The van der Waals surface area contributed by atoms with Gasteiger partial charge in [0, 0.05) is 33.5 Å². The molecule has 5 heteroatoms. The maximum absolute atomic E-state index is 5.97. The van der Waals surface area contributed by atoms with Gasteiger partial charge in [0.2, 0.25) is 0 Å². The first-order chi connectivity index (χ1) is 10.2. The van der Waals surface area contributed by atoms with Crippen molar-refractivity contribution in [2.45, 2.75) is 0 Å². The number of para-hydroxylation sites is 1. The summed E-state index contributed by atoms with van der Waals surface area (Å²) >= 11 is 3.48. The number of nitrogens with one attached hydrogen (secondary N) is 1. The van der Waals surface area contributed by atoms with Crippen molar-refractivity contribution in [1.82, 2.24) is 4.98 Å². The van der Waals surface area contributed by atoms with Crippen LogP contribution in [0.15, 0.2) is 53.1 Å². The van der Waals surface area contributed by atoms with Gasteiger partial charge in [-0.3, -0.25) is 4.98 Å². The number of nitrogens with zero attached hydrogens (tertiary/aromatic N) is 1. The number of nitrogen functional groups attached to an aromatic ring is 1. The van der Waals surface area contributed by atoms with Crippen LogP contribution < -0.4 is 15.8 Å². The number of ether oxygens (including phenoxy) is 1. The Bertz CT molecular complexity index is 805. The first-order valence-corrected chi connectivity index (χ1v) is 7.21. The molecule has 0 spiro atoms. The summed E-state index contributed by atoms with van der Waals surface area (Å²) in [5.74, 6) is 0.782. The average molecular weight is 344 g/mol. The standard InChI is InChI=1S/C16H14BrN3O/c1-21-12-8-10(17)7-11(9-12)20-15-5-6-19-16-13(15)3-2-4-14(16)18/h2-9H,18H2,1H3,(H,19,20). The number of pyridine rings is 1. The lowest BCUT2D eigenvalue weighted by Crippen LogP contribution is -1.95. The fourth-order valence-electron chi connectivity index (χ4n) is 2.22. The first-order valence-electron chi connectivity index (χ1n) is 6.42. The second-order valence-corrected chi connectivity index (χ2v) is 5.52. The molecule has 21 heavy (non-hydrogen) atoms. The Labute approximate surface area is 131 Å². The van der Waals surface area contributed by atoms with Gasteiger partial charge in [-0.1, -0.05) is 28.1 Å². The fraction of sp³-hybridized carbons (Fsp3) is 0.0625. The van der Waals surface area contributed by atoms with Crippen LogP contribution in [0.1, 0.15) is 0 Å². The van der Waals surface area contributed by atoms with Crippen LogP contribution in [0.2, 0.25) is 0 Å². The molecule has 0 bridgehead atoms. The molecule has 3 aromatic rings. The number of hydrogen-bond donors (Lipinski definition) is 2. The largest absolute Gasteiger partial charge is 0.497 e. The second kappa shape index (κ2) is 5.61. The fourth-order valence-corrected chi connectivity index (χ4v) is 2.69. The topological polar surface area (TPSA) is 60.2 Å². The van der Waals surface area contributed by atoms with E-state index in [9.17, 15) is 0 Å². The van der Waals surface area contributed by atoms with E-state index in [1.807, 2.05) is 42.5 Å². The minimum absolute atomic E-state index is 0.669. The Kier molecular flexibility index (Phi) is 3.66. The molecular weight excluding hydrogens is 330 g/mol. The molecule has 0 unspecified atom stereocenters. The molecule has 4 nitrogen and oxygen atoms in total. The van der Waals surface area contributed by atoms with Crippen LogP contribution in [-0.2, 0) is 0 Å². The maximum Gasteiger partial charge on any atom is 0.122 e. The lowest BCUT2D eigenvalue weighted by atomic mass is 10.1. The zero-order valence-corrected chi connectivity index (χ0v) is 13.0. The third-order valence-corrected chi connectivity index (χ3v) is 3.65. The van der Waals surface area contributed by atoms with Gasteiger partial charge >= 0.3 is 0 Å². The zero-order chi connectivity index (χ0) is 14.8. The number of nitrogens with two attached hydrogens (primary N) is 1. The van der Waals surface area contributed by atoms with Crippen molar-refractivity contribution in [1.29, 1.82) is 0 Å². The summed E-state index contributed by atoms with van der Waals surface area (Å²) in [4.78, 5) is 4.34. The Hall–Kier alpha value is -2.27. The summed E-state index contributed by atoms with van der Waals surface area (Å²) in [5, 5.41) is 4.37. The van der Waals surface area contributed by atoms with Gasteiger partial charge in [0.25, 0.3) is 0 Å². The molecule has 0 amide bonds. The molecule has 3 N–H and O–H groups in total. The van der Waals surface area contributed by atoms with Crippen LogP contribution in [0.4, 0.5) is 17.1 Å². The van der Waals surface area contributed by atoms with E-state index in [0.29, 0.717) is 5.69 Å². The minimum Gasteiger partial charge on any atom is -0.497 e. The number of halogens is 1. The third kappa shape index (κ3) is 2.78. The van der Waals surface area contributed by atoms with E-state index in [2.05, 4.69) is 26.2 Å². The highest BCUT2D eigenvalue weighted by molar-refractivity contribution is 9.10. The average Bonchev–Trinajstić information content (AvgIpc) is 2.48. The van der Waals surface area contributed by atoms with Crippen molar-refractivity contribution in [3.8, 4) is 5.75 Å². The van der Waals surface area contributed by atoms with E-state index >= 15 is 0 Å². The zero-order valence-electron chi connectivity index (χ0n) is 11.4. The van der Waals surface area contributed by atoms with Gasteiger partial charge < -0.3 is 15.8 Å². The van der Waals surface area contributed by atoms with Crippen molar-refractivity contribution < 1.29 is 4.74 Å². The summed E-state index contributed by atoms with van der Waals surface area (Å²) in [6.07, 6.45) is 1.75. The summed E-state index contributed by atoms with van der Waals surface area (Å²) in [6.45, 7) is 0. The highest BCUT2D eigenvalue weighted by Gasteiger charge is 2.06. The molecule has 0 saturated heterocycles. The minimum atomic E-state index is 0.669. The highest BCUT2D eigenvalue weighted by atomic mass is 79.9. The van der Waals surface area contributed by atoms with E-state index in [1.165, 1.54) is 0 Å². The van der Waals surface area contributed by atoms with Gasteiger partial charge in [-0.15, -0.1) is 0 Å². The van der Waals surface area contributed by atoms with Crippen LogP contribution >= 0.6 is 15.9 Å². The summed E-state index contributed by atoms with van der Waals surface area (Å²) < 4.78 is 6.22. The van der Waals surface area contributed by atoms with E-state index in [1.54, 1.807) is 13.3 Å². The number of benzene rings is 2. The summed E-state index contributed by atoms with van der Waals surface area (Å²) in [5.41, 5.74) is 9.31. The van der Waals surface area contributed by atoms with Gasteiger partial charge in [0.05, 0.1) is 18.3 Å². The molecule has 106 valence electrons. The molecule has 1 heterocycles. The van der Waals surface area contributed by atoms with Gasteiger partial charge in [0.1, 0.15) is 5.75 Å².